The Morgan fingerprint density at radius 1 is 0.696 bits per heavy atom. The van der Waals surface area contributed by atoms with Gasteiger partial charge < -0.3 is 16.2 Å². The van der Waals surface area contributed by atoms with Gasteiger partial charge in [0.05, 0.1) is 11.4 Å². The molecule has 8 N–H and O–H groups in total. The highest BCUT2D eigenvalue weighted by Gasteiger charge is 2.00. The summed E-state index contributed by atoms with van der Waals surface area (Å²) < 4.78 is 5.66. The van der Waals surface area contributed by atoms with Crippen molar-refractivity contribution in [3.8, 4) is 11.5 Å². The van der Waals surface area contributed by atoms with Gasteiger partial charge in [-0.3, -0.25) is 21.7 Å². The van der Waals surface area contributed by atoms with Gasteiger partial charge in [0.1, 0.15) is 11.5 Å². The second kappa shape index (κ2) is 7.41. The van der Waals surface area contributed by atoms with Crippen LogP contribution in [0.3, 0.4) is 0 Å². The van der Waals surface area contributed by atoms with Crippen molar-refractivity contribution < 1.29 is 14.3 Å². The summed E-state index contributed by atoms with van der Waals surface area (Å²) >= 11 is 0. The summed E-state index contributed by atoms with van der Waals surface area (Å²) in [5, 5.41) is 0. The van der Waals surface area contributed by atoms with Crippen molar-refractivity contribution in [2.45, 2.75) is 0 Å². The minimum atomic E-state index is -0.676. The van der Waals surface area contributed by atoms with E-state index in [1.165, 1.54) is 0 Å². The van der Waals surface area contributed by atoms with Gasteiger partial charge in [-0.2, -0.15) is 0 Å². The highest BCUT2D eigenvalue weighted by atomic mass is 16.5. The van der Waals surface area contributed by atoms with Crippen LogP contribution in [0.5, 0.6) is 11.5 Å². The topological polar surface area (TPSA) is 144 Å². The highest BCUT2D eigenvalue weighted by Crippen LogP contribution is 2.24. The Bertz CT molecular complexity index is 612. The molecule has 0 aromatic heterocycles. The Morgan fingerprint density at radius 3 is 1.35 bits per heavy atom. The summed E-state index contributed by atoms with van der Waals surface area (Å²) in [4.78, 5) is 21.2. The van der Waals surface area contributed by atoms with Gasteiger partial charge >= 0.3 is 12.1 Å². The van der Waals surface area contributed by atoms with Gasteiger partial charge in [-0.15, -0.1) is 0 Å². The molecule has 0 aliphatic carbocycles. The number of nitrogens with two attached hydrogens (primary N) is 2. The van der Waals surface area contributed by atoms with Crippen LogP contribution in [-0.2, 0) is 0 Å². The maximum atomic E-state index is 10.6. The number of ether oxygens (including phenoxy) is 1. The maximum absolute atomic E-state index is 10.6. The lowest BCUT2D eigenvalue weighted by atomic mass is 10.3. The molecule has 0 unspecified atom stereocenters. The smallest absolute Gasteiger partial charge is 0.330 e. The zero-order valence-electron chi connectivity index (χ0n) is 12.0. The van der Waals surface area contributed by atoms with Crippen LogP contribution in [0.25, 0.3) is 0 Å². The maximum Gasteiger partial charge on any atom is 0.330 e. The van der Waals surface area contributed by atoms with Crippen LogP contribution in [0.2, 0.25) is 0 Å². The number of hydrazine groups is 2. The van der Waals surface area contributed by atoms with Crippen molar-refractivity contribution in [2.75, 3.05) is 10.9 Å². The number of hydrogen-bond acceptors (Lipinski definition) is 5. The van der Waals surface area contributed by atoms with Crippen LogP contribution in [0.1, 0.15) is 0 Å². The van der Waals surface area contributed by atoms with E-state index in [9.17, 15) is 9.59 Å². The fraction of sp³-hybridized carbons (Fsp3) is 0. The summed E-state index contributed by atoms with van der Waals surface area (Å²) in [7, 11) is 0. The van der Waals surface area contributed by atoms with Crippen LogP contribution in [0, 0.1) is 0 Å². The number of hydrogen-bond donors (Lipinski definition) is 6. The number of urea groups is 2. The first-order chi connectivity index (χ1) is 11.0. The van der Waals surface area contributed by atoms with Gasteiger partial charge in [-0.05, 0) is 48.5 Å². The third kappa shape index (κ3) is 5.34. The fourth-order valence-corrected chi connectivity index (χ4v) is 1.62. The molecule has 0 saturated heterocycles. The SMILES string of the molecule is NC(=O)NNc1ccc(Oc2ccc(NNC(N)=O)cc2)cc1. The van der Waals surface area contributed by atoms with E-state index < -0.39 is 12.1 Å². The molecule has 0 bridgehead atoms. The molecule has 23 heavy (non-hydrogen) atoms. The van der Waals surface area contributed by atoms with Gasteiger partial charge in [0.15, 0.2) is 0 Å². The molecular formula is C14H16N6O3. The summed E-state index contributed by atoms with van der Waals surface area (Å²) in [6, 6.07) is 12.4. The number of primary amides is 2. The summed E-state index contributed by atoms with van der Waals surface area (Å²) in [5.41, 5.74) is 21.0. The van der Waals surface area contributed by atoms with Gasteiger partial charge in [0.25, 0.3) is 0 Å². The Morgan fingerprint density at radius 2 is 1.04 bits per heavy atom. The Hall–Kier alpha value is -3.62. The molecule has 0 radical (unpaired) electrons. The lowest BCUT2D eigenvalue weighted by Gasteiger charge is -2.10. The largest absolute Gasteiger partial charge is 0.457 e. The van der Waals surface area contributed by atoms with E-state index in [0.29, 0.717) is 22.9 Å². The molecule has 9 nitrogen and oxygen atoms in total. The average Bonchev–Trinajstić information content (AvgIpc) is 2.53. The molecular weight excluding hydrogens is 300 g/mol. The van der Waals surface area contributed by atoms with Gasteiger partial charge in [-0.1, -0.05) is 0 Å². The summed E-state index contributed by atoms with van der Waals surface area (Å²) in [5.74, 6) is 1.23. The molecule has 0 aliphatic rings. The minimum Gasteiger partial charge on any atom is -0.457 e. The molecule has 0 fully saturated rings. The summed E-state index contributed by atoms with van der Waals surface area (Å²) in [6.07, 6.45) is 0. The molecule has 2 aromatic rings. The predicted octanol–water partition coefficient (Wildman–Crippen LogP) is 1.47. The monoisotopic (exact) mass is 316 g/mol. The second-order valence-electron chi connectivity index (χ2n) is 4.38. The van der Waals surface area contributed by atoms with Crippen molar-refractivity contribution in [1.29, 1.82) is 0 Å². The van der Waals surface area contributed by atoms with Gasteiger partial charge in [0.2, 0.25) is 0 Å². The first-order valence-corrected chi connectivity index (χ1v) is 6.54. The zero-order chi connectivity index (χ0) is 16.7. The van der Waals surface area contributed by atoms with E-state index in [1.807, 2.05) is 0 Å². The zero-order valence-corrected chi connectivity index (χ0v) is 12.0. The molecule has 9 heteroatoms. The molecule has 2 aromatic carbocycles. The number of nitrogens with one attached hydrogen (secondary N) is 4. The van der Waals surface area contributed by atoms with Crippen molar-refractivity contribution in [2.24, 2.45) is 11.5 Å². The third-order valence-electron chi connectivity index (χ3n) is 2.60. The molecule has 0 spiro atoms. The molecule has 2 rings (SSSR count). The number of carbonyl (C=O) groups excluding carboxylic acids is 2. The number of rotatable bonds is 6. The van der Waals surface area contributed by atoms with Gasteiger partial charge in [-0.25, -0.2) is 9.59 Å². The van der Waals surface area contributed by atoms with E-state index in [0.717, 1.165) is 0 Å². The lowest BCUT2D eigenvalue weighted by Crippen LogP contribution is -2.34. The quantitative estimate of drug-likeness (QED) is 0.447. The van der Waals surface area contributed by atoms with Crippen molar-refractivity contribution in [3.63, 3.8) is 0 Å². The number of carbonyl (C=O) groups is 2. The van der Waals surface area contributed by atoms with Gasteiger partial charge in [0, 0.05) is 0 Å². The Balaban J connectivity index is 1.91. The second-order valence-corrected chi connectivity index (χ2v) is 4.38. The highest BCUT2D eigenvalue weighted by molar-refractivity contribution is 5.73. The normalized spacial score (nSPS) is 9.57. The van der Waals surface area contributed by atoms with E-state index in [-0.39, 0.29) is 0 Å². The Labute approximate surface area is 131 Å². The van der Waals surface area contributed by atoms with E-state index in [1.54, 1.807) is 48.5 Å². The Kier molecular flexibility index (Phi) is 5.08. The van der Waals surface area contributed by atoms with E-state index >= 15 is 0 Å². The number of amides is 4. The van der Waals surface area contributed by atoms with E-state index in [4.69, 9.17) is 16.2 Å². The molecule has 120 valence electrons. The third-order valence-corrected chi connectivity index (χ3v) is 2.60. The van der Waals surface area contributed by atoms with E-state index in [2.05, 4.69) is 21.7 Å². The first-order valence-electron chi connectivity index (χ1n) is 6.54. The molecule has 0 atom stereocenters. The van der Waals surface area contributed by atoms with Crippen LogP contribution in [-0.4, -0.2) is 12.1 Å². The van der Waals surface area contributed by atoms with Crippen molar-refractivity contribution in [1.82, 2.24) is 10.9 Å². The summed E-state index contributed by atoms with van der Waals surface area (Å²) in [6.45, 7) is 0. The van der Waals surface area contributed by atoms with Crippen molar-refractivity contribution in [3.05, 3.63) is 48.5 Å². The standard InChI is InChI=1S/C14H16N6O3/c15-13(21)19-17-9-1-5-11(6-2-9)23-12-7-3-10(4-8-12)18-20-14(16)22/h1-8,17-18H,(H3,15,19,21)(H3,16,20,22). The van der Waals surface area contributed by atoms with Crippen LogP contribution >= 0.6 is 0 Å². The molecule has 0 aliphatic heterocycles. The van der Waals surface area contributed by atoms with Crippen molar-refractivity contribution >= 4 is 23.4 Å². The van der Waals surface area contributed by atoms with Crippen LogP contribution in [0.4, 0.5) is 21.0 Å². The van der Waals surface area contributed by atoms with Crippen LogP contribution < -0.4 is 37.9 Å². The van der Waals surface area contributed by atoms with Crippen LogP contribution in [0.15, 0.2) is 48.5 Å². The first kappa shape index (κ1) is 15.8. The molecule has 0 heterocycles. The molecule has 0 saturated carbocycles. The number of benzene rings is 2. The predicted molar refractivity (Wildman–Crippen MR) is 85.6 cm³/mol. The average molecular weight is 316 g/mol. The lowest BCUT2D eigenvalue weighted by molar-refractivity contribution is 0.250. The fourth-order valence-electron chi connectivity index (χ4n) is 1.62. The number of anilines is 2. The minimum absolute atomic E-state index is 0.616. The molecule has 4 amide bonds.